The highest BCUT2D eigenvalue weighted by Crippen LogP contribution is 2.20. The molecule has 6 heteroatoms. The van der Waals surface area contributed by atoms with Gasteiger partial charge < -0.3 is 10.6 Å². The molecule has 1 aromatic heterocycles. The largest absolute Gasteiger partial charge is 0.349 e. The van der Waals surface area contributed by atoms with Gasteiger partial charge in [-0.2, -0.15) is 5.10 Å². The molecule has 0 saturated carbocycles. The minimum atomic E-state index is -0.0282. The van der Waals surface area contributed by atoms with Gasteiger partial charge in [0.05, 0.1) is 17.8 Å². The maximum atomic E-state index is 12.8. The number of carbonyl (C=O) groups is 1. The van der Waals surface area contributed by atoms with E-state index in [0.717, 1.165) is 36.3 Å². The number of piperidine rings is 1. The molecule has 1 fully saturated rings. The molecule has 3 rings (SSSR count). The fraction of sp³-hybridized carbons (Fsp3) is 0.474. The SMILES string of the molecule is Cc1nn(Cc2ccccc2Cl)c(C)c1C(=O)NC1CCNC(C)C1. The van der Waals surface area contributed by atoms with Gasteiger partial charge in [-0.3, -0.25) is 9.48 Å². The second kappa shape index (κ2) is 7.58. The van der Waals surface area contributed by atoms with E-state index in [2.05, 4.69) is 22.7 Å². The van der Waals surface area contributed by atoms with Gasteiger partial charge >= 0.3 is 0 Å². The third kappa shape index (κ3) is 4.05. The first kappa shape index (κ1) is 18.0. The van der Waals surface area contributed by atoms with E-state index in [4.69, 9.17) is 11.6 Å². The summed E-state index contributed by atoms with van der Waals surface area (Å²) in [5.41, 5.74) is 3.30. The van der Waals surface area contributed by atoms with Crippen LogP contribution >= 0.6 is 11.6 Å². The quantitative estimate of drug-likeness (QED) is 0.880. The van der Waals surface area contributed by atoms with Crippen LogP contribution < -0.4 is 10.6 Å². The van der Waals surface area contributed by atoms with Crippen LogP contribution in [0.25, 0.3) is 0 Å². The summed E-state index contributed by atoms with van der Waals surface area (Å²) in [6.45, 7) is 7.48. The molecule has 0 radical (unpaired) electrons. The van der Waals surface area contributed by atoms with Gasteiger partial charge in [-0.15, -0.1) is 0 Å². The number of carbonyl (C=O) groups excluding carboxylic acids is 1. The molecule has 5 nitrogen and oxygen atoms in total. The van der Waals surface area contributed by atoms with Gasteiger partial charge in [0.2, 0.25) is 0 Å². The van der Waals surface area contributed by atoms with E-state index in [-0.39, 0.29) is 11.9 Å². The van der Waals surface area contributed by atoms with Crippen LogP contribution in [0.4, 0.5) is 0 Å². The van der Waals surface area contributed by atoms with Gasteiger partial charge in [0.25, 0.3) is 5.91 Å². The van der Waals surface area contributed by atoms with Crippen LogP contribution in [0.2, 0.25) is 5.02 Å². The number of nitrogens with zero attached hydrogens (tertiary/aromatic N) is 2. The molecular formula is C19H25ClN4O. The Balaban J connectivity index is 1.77. The molecule has 1 aliphatic rings. The van der Waals surface area contributed by atoms with E-state index in [1.807, 2.05) is 42.8 Å². The molecule has 134 valence electrons. The first-order valence-electron chi connectivity index (χ1n) is 8.77. The Hall–Kier alpha value is -1.85. The minimum absolute atomic E-state index is 0.0282. The van der Waals surface area contributed by atoms with Gasteiger partial charge in [-0.05, 0) is 51.8 Å². The number of rotatable bonds is 4. The topological polar surface area (TPSA) is 59.0 Å². The van der Waals surface area contributed by atoms with Crippen LogP contribution in [0.1, 0.15) is 47.1 Å². The summed E-state index contributed by atoms with van der Waals surface area (Å²) in [5, 5.41) is 11.9. The zero-order chi connectivity index (χ0) is 18.0. The van der Waals surface area contributed by atoms with Crippen molar-refractivity contribution in [3.05, 3.63) is 51.8 Å². The molecule has 0 spiro atoms. The molecule has 2 aromatic rings. The van der Waals surface area contributed by atoms with Gasteiger partial charge in [0.1, 0.15) is 0 Å². The van der Waals surface area contributed by atoms with Crippen LogP contribution in [0.15, 0.2) is 24.3 Å². The number of benzene rings is 1. The van der Waals surface area contributed by atoms with Crippen LogP contribution in [0.3, 0.4) is 0 Å². The Kier molecular flexibility index (Phi) is 5.45. The second-order valence-electron chi connectivity index (χ2n) is 6.84. The molecule has 2 atom stereocenters. The first-order valence-corrected chi connectivity index (χ1v) is 9.15. The predicted molar refractivity (Wildman–Crippen MR) is 100 cm³/mol. The number of nitrogens with one attached hydrogen (secondary N) is 2. The van der Waals surface area contributed by atoms with E-state index in [0.29, 0.717) is 23.2 Å². The maximum absolute atomic E-state index is 12.8. The van der Waals surface area contributed by atoms with Gasteiger partial charge in [0, 0.05) is 22.8 Å². The summed E-state index contributed by atoms with van der Waals surface area (Å²) < 4.78 is 1.86. The molecule has 2 unspecified atom stereocenters. The summed E-state index contributed by atoms with van der Waals surface area (Å²) in [7, 11) is 0. The summed E-state index contributed by atoms with van der Waals surface area (Å²) >= 11 is 6.25. The number of hydrogen-bond donors (Lipinski definition) is 2. The number of hydrogen-bond acceptors (Lipinski definition) is 3. The lowest BCUT2D eigenvalue weighted by Crippen LogP contribution is -2.46. The summed E-state index contributed by atoms with van der Waals surface area (Å²) in [6, 6.07) is 8.37. The first-order chi connectivity index (χ1) is 12.0. The average molecular weight is 361 g/mol. The van der Waals surface area contributed by atoms with Gasteiger partial charge in [-0.1, -0.05) is 29.8 Å². The molecule has 25 heavy (non-hydrogen) atoms. The molecule has 0 aliphatic carbocycles. The van der Waals surface area contributed by atoms with Crippen molar-refractivity contribution < 1.29 is 4.79 Å². The maximum Gasteiger partial charge on any atom is 0.255 e. The van der Waals surface area contributed by atoms with Crippen molar-refractivity contribution in [3.8, 4) is 0 Å². The van der Waals surface area contributed by atoms with Crippen LogP contribution in [0.5, 0.6) is 0 Å². The summed E-state index contributed by atoms with van der Waals surface area (Å²) in [6.07, 6.45) is 1.92. The minimum Gasteiger partial charge on any atom is -0.349 e. The Bertz CT molecular complexity index is 771. The van der Waals surface area contributed by atoms with Crippen molar-refractivity contribution in [2.45, 2.75) is 52.2 Å². The van der Waals surface area contributed by atoms with Crippen molar-refractivity contribution in [1.82, 2.24) is 20.4 Å². The molecule has 2 heterocycles. The molecular weight excluding hydrogens is 336 g/mol. The molecule has 1 aliphatic heterocycles. The van der Waals surface area contributed by atoms with E-state index >= 15 is 0 Å². The third-order valence-corrected chi connectivity index (χ3v) is 5.21. The lowest BCUT2D eigenvalue weighted by molar-refractivity contribution is 0.0924. The average Bonchev–Trinajstić information content (AvgIpc) is 2.83. The lowest BCUT2D eigenvalue weighted by atomic mass is 10.00. The fourth-order valence-electron chi connectivity index (χ4n) is 3.49. The van der Waals surface area contributed by atoms with Crippen molar-refractivity contribution in [1.29, 1.82) is 0 Å². The number of aryl methyl sites for hydroxylation is 1. The lowest BCUT2D eigenvalue weighted by Gasteiger charge is -2.28. The van der Waals surface area contributed by atoms with E-state index in [1.165, 1.54) is 0 Å². The smallest absolute Gasteiger partial charge is 0.255 e. The van der Waals surface area contributed by atoms with Crippen molar-refractivity contribution in [3.63, 3.8) is 0 Å². The van der Waals surface area contributed by atoms with Crippen LogP contribution in [0, 0.1) is 13.8 Å². The normalized spacial score (nSPS) is 20.5. The summed E-state index contributed by atoms with van der Waals surface area (Å²) in [4.78, 5) is 12.8. The van der Waals surface area contributed by atoms with Crippen molar-refractivity contribution >= 4 is 17.5 Å². The van der Waals surface area contributed by atoms with Gasteiger partial charge in [0.15, 0.2) is 0 Å². The highest BCUT2D eigenvalue weighted by Gasteiger charge is 2.24. The highest BCUT2D eigenvalue weighted by atomic mass is 35.5. The second-order valence-corrected chi connectivity index (χ2v) is 7.25. The summed E-state index contributed by atoms with van der Waals surface area (Å²) in [5.74, 6) is -0.0282. The molecule has 1 aromatic carbocycles. The number of halogens is 1. The van der Waals surface area contributed by atoms with Crippen LogP contribution in [-0.2, 0) is 6.54 Å². The third-order valence-electron chi connectivity index (χ3n) is 4.85. The molecule has 0 bridgehead atoms. The van der Waals surface area contributed by atoms with E-state index < -0.39 is 0 Å². The Morgan fingerprint density at radius 1 is 1.40 bits per heavy atom. The Morgan fingerprint density at radius 3 is 2.88 bits per heavy atom. The van der Waals surface area contributed by atoms with Crippen LogP contribution in [-0.4, -0.2) is 34.3 Å². The Labute approximate surface area is 153 Å². The van der Waals surface area contributed by atoms with Gasteiger partial charge in [-0.25, -0.2) is 0 Å². The molecule has 1 saturated heterocycles. The van der Waals surface area contributed by atoms with E-state index in [9.17, 15) is 4.79 Å². The van der Waals surface area contributed by atoms with Crippen molar-refractivity contribution in [2.75, 3.05) is 6.54 Å². The monoisotopic (exact) mass is 360 g/mol. The Morgan fingerprint density at radius 2 is 2.16 bits per heavy atom. The number of amides is 1. The standard InChI is InChI=1S/C19H25ClN4O/c1-12-10-16(8-9-21-12)22-19(25)18-13(2)23-24(14(18)3)11-15-6-4-5-7-17(15)20/h4-7,12,16,21H,8-11H2,1-3H3,(H,22,25). The predicted octanol–water partition coefficient (Wildman–Crippen LogP) is 3.07. The molecule has 1 amide bonds. The fourth-order valence-corrected chi connectivity index (χ4v) is 3.68. The molecule has 2 N–H and O–H groups in total. The van der Waals surface area contributed by atoms with Crippen molar-refractivity contribution in [2.24, 2.45) is 0 Å². The van der Waals surface area contributed by atoms with E-state index in [1.54, 1.807) is 0 Å². The zero-order valence-corrected chi connectivity index (χ0v) is 15.7. The zero-order valence-electron chi connectivity index (χ0n) is 15.0. The number of aromatic nitrogens is 2. The highest BCUT2D eigenvalue weighted by molar-refractivity contribution is 6.31.